The van der Waals surface area contributed by atoms with E-state index in [9.17, 15) is 13.2 Å². The van der Waals surface area contributed by atoms with Crippen LogP contribution in [-0.4, -0.2) is 20.6 Å². The predicted octanol–water partition coefficient (Wildman–Crippen LogP) is 7.78. The van der Waals surface area contributed by atoms with E-state index in [1.165, 1.54) is 28.0 Å². The first-order valence-corrected chi connectivity index (χ1v) is 15.1. The van der Waals surface area contributed by atoms with Crippen LogP contribution in [0, 0.1) is 6.92 Å². The molecule has 0 atom stereocenters. The van der Waals surface area contributed by atoms with Crippen LogP contribution in [0.4, 0.5) is 5.69 Å². The van der Waals surface area contributed by atoms with Crippen LogP contribution < -0.4 is 5.32 Å². The molecule has 35 heavy (non-hydrogen) atoms. The standard InChI is InChI=1S/C27H28ClNO3S3/c1-16-9-24(33-15-16)26(2,3)19-12-20(28)14-21(13-19)29-25(30)23-11-17-10-18(7-8-22(17)34-23)27(4,5)35(6,31)32/h7-15H,1-6H3,(H,29,30). The van der Waals surface area contributed by atoms with Crippen molar-refractivity contribution >= 4 is 65.8 Å². The van der Waals surface area contributed by atoms with Gasteiger partial charge in [-0.25, -0.2) is 8.42 Å². The van der Waals surface area contributed by atoms with E-state index in [1.807, 2.05) is 30.3 Å². The molecule has 2 heterocycles. The predicted molar refractivity (Wildman–Crippen MR) is 150 cm³/mol. The fraction of sp³-hybridized carbons (Fsp3) is 0.296. The summed E-state index contributed by atoms with van der Waals surface area (Å²) < 4.78 is 24.4. The van der Waals surface area contributed by atoms with Gasteiger partial charge in [0.15, 0.2) is 9.84 Å². The number of carbonyl (C=O) groups excluding carboxylic acids is 1. The van der Waals surface area contributed by atoms with E-state index >= 15 is 0 Å². The highest BCUT2D eigenvalue weighted by molar-refractivity contribution is 7.91. The third-order valence-electron chi connectivity index (χ3n) is 6.59. The third kappa shape index (κ3) is 5.05. The second kappa shape index (κ2) is 9.04. The number of fused-ring (bicyclic) bond motifs is 1. The Hall–Kier alpha value is -2.19. The van der Waals surface area contributed by atoms with E-state index in [0.29, 0.717) is 21.2 Å². The number of halogens is 1. The number of hydrogen-bond acceptors (Lipinski definition) is 5. The molecule has 2 aromatic carbocycles. The molecule has 4 nitrogen and oxygen atoms in total. The molecule has 0 unspecified atom stereocenters. The summed E-state index contributed by atoms with van der Waals surface area (Å²) >= 11 is 9.53. The molecule has 0 saturated carbocycles. The molecule has 0 bridgehead atoms. The van der Waals surface area contributed by atoms with E-state index < -0.39 is 14.6 Å². The summed E-state index contributed by atoms with van der Waals surface area (Å²) in [6.45, 7) is 9.77. The molecule has 184 valence electrons. The van der Waals surface area contributed by atoms with Crippen molar-refractivity contribution in [2.45, 2.75) is 44.8 Å². The zero-order valence-electron chi connectivity index (χ0n) is 20.5. The number of sulfone groups is 1. The maximum Gasteiger partial charge on any atom is 0.265 e. The van der Waals surface area contributed by atoms with Gasteiger partial charge in [0.1, 0.15) is 0 Å². The average Bonchev–Trinajstić information content (AvgIpc) is 3.38. The highest BCUT2D eigenvalue weighted by atomic mass is 35.5. The Bertz CT molecular complexity index is 1540. The van der Waals surface area contributed by atoms with Gasteiger partial charge < -0.3 is 5.32 Å². The zero-order valence-corrected chi connectivity index (χ0v) is 23.7. The van der Waals surface area contributed by atoms with Gasteiger partial charge in [-0.05, 0) is 90.7 Å². The average molecular weight is 546 g/mol. The molecule has 0 spiro atoms. The van der Waals surface area contributed by atoms with E-state index in [0.717, 1.165) is 15.6 Å². The Morgan fingerprint density at radius 2 is 1.69 bits per heavy atom. The van der Waals surface area contributed by atoms with Crippen molar-refractivity contribution in [1.82, 2.24) is 0 Å². The molecule has 0 aliphatic rings. The van der Waals surface area contributed by atoms with Gasteiger partial charge in [-0.15, -0.1) is 22.7 Å². The van der Waals surface area contributed by atoms with Crippen LogP contribution in [0.3, 0.4) is 0 Å². The number of nitrogens with one attached hydrogen (secondary N) is 1. The fourth-order valence-corrected chi connectivity index (χ4v) is 6.64. The molecule has 0 fully saturated rings. The summed E-state index contributed by atoms with van der Waals surface area (Å²) in [7, 11) is -3.30. The van der Waals surface area contributed by atoms with Crippen molar-refractivity contribution in [3.05, 3.63) is 85.4 Å². The zero-order chi connectivity index (χ0) is 25.8. The molecule has 8 heteroatoms. The summed E-state index contributed by atoms with van der Waals surface area (Å²) in [5.41, 5.74) is 3.31. The highest BCUT2D eigenvalue weighted by Gasteiger charge is 2.32. The number of carbonyl (C=O) groups is 1. The lowest BCUT2D eigenvalue weighted by Crippen LogP contribution is -2.27. The van der Waals surface area contributed by atoms with Crippen molar-refractivity contribution in [1.29, 1.82) is 0 Å². The van der Waals surface area contributed by atoms with Gasteiger partial charge in [-0.3, -0.25) is 4.79 Å². The quantitative estimate of drug-likeness (QED) is 0.269. The first kappa shape index (κ1) is 25.9. The third-order valence-corrected chi connectivity index (χ3v) is 11.4. The van der Waals surface area contributed by atoms with Crippen LogP contribution >= 0.6 is 34.3 Å². The minimum absolute atomic E-state index is 0.229. The number of rotatable bonds is 6. The van der Waals surface area contributed by atoms with E-state index in [1.54, 1.807) is 37.3 Å². The Morgan fingerprint density at radius 3 is 2.31 bits per heavy atom. The number of thiophene rings is 2. The smallest absolute Gasteiger partial charge is 0.265 e. The maximum absolute atomic E-state index is 13.1. The number of aryl methyl sites for hydroxylation is 1. The molecule has 0 aliphatic heterocycles. The Labute approximate surface area is 219 Å². The normalized spacial score (nSPS) is 12.8. The van der Waals surface area contributed by atoms with Gasteiger partial charge in [0.25, 0.3) is 5.91 Å². The van der Waals surface area contributed by atoms with Crippen molar-refractivity contribution in [2.75, 3.05) is 11.6 Å². The van der Waals surface area contributed by atoms with Crippen LogP contribution in [0.25, 0.3) is 10.1 Å². The lowest BCUT2D eigenvalue weighted by Gasteiger charge is -2.25. The van der Waals surface area contributed by atoms with E-state index in [-0.39, 0.29) is 11.3 Å². The fourth-order valence-electron chi connectivity index (χ4n) is 3.86. The summed E-state index contributed by atoms with van der Waals surface area (Å²) in [4.78, 5) is 14.9. The van der Waals surface area contributed by atoms with Gasteiger partial charge in [0.2, 0.25) is 0 Å². The number of benzene rings is 2. The minimum atomic E-state index is -3.30. The summed E-state index contributed by atoms with van der Waals surface area (Å²) in [5, 5.41) is 6.53. The van der Waals surface area contributed by atoms with Crippen molar-refractivity contribution in [3.63, 3.8) is 0 Å². The summed E-state index contributed by atoms with van der Waals surface area (Å²) in [6.07, 6.45) is 1.24. The lowest BCUT2D eigenvalue weighted by molar-refractivity contribution is 0.103. The van der Waals surface area contributed by atoms with Gasteiger partial charge >= 0.3 is 0 Å². The molecule has 1 amide bonds. The lowest BCUT2D eigenvalue weighted by atomic mass is 9.83. The van der Waals surface area contributed by atoms with Crippen LogP contribution in [0.2, 0.25) is 5.02 Å². The van der Waals surface area contributed by atoms with Crippen molar-refractivity contribution in [3.8, 4) is 0 Å². The van der Waals surface area contributed by atoms with Gasteiger partial charge in [-0.2, -0.15) is 0 Å². The van der Waals surface area contributed by atoms with Crippen LogP contribution in [0.5, 0.6) is 0 Å². The maximum atomic E-state index is 13.1. The van der Waals surface area contributed by atoms with Crippen LogP contribution in [-0.2, 0) is 20.0 Å². The largest absolute Gasteiger partial charge is 0.321 e. The molecule has 2 aromatic heterocycles. The van der Waals surface area contributed by atoms with E-state index in [4.69, 9.17) is 11.6 Å². The second-order valence-corrected chi connectivity index (χ2v) is 14.9. The van der Waals surface area contributed by atoms with Gasteiger partial charge in [0.05, 0.1) is 9.62 Å². The first-order chi connectivity index (χ1) is 16.2. The Balaban J connectivity index is 1.63. The number of hydrogen-bond donors (Lipinski definition) is 1. The van der Waals surface area contributed by atoms with Gasteiger partial charge in [0, 0.05) is 32.0 Å². The summed E-state index contributed by atoms with van der Waals surface area (Å²) in [6, 6.07) is 15.2. The minimum Gasteiger partial charge on any atom is -0.321 e. The monoisotopic (exact) mass is 545 g/mol. The molecule has 0 saturated heterocycles. The molecular weight excluding hydrogens is 518 g/mol. The van der Waals surface area contributed by atoms with Crippen molar-refractivity contribution < 1.29 is 13.2 Å². The molecule has 4 aromatic rings. The van der Waals surface area contributed by atoms with Crippen LogP contribution in [0.1, 0.15) is 58.9 Å². The molecule has 0 radical (unpaired) electrons. The highest BCUT2D eigenvalue weighted by Crippen LogP contribution is 2.38. The van der Waals surface area contributed by atoms with Crippen LogP contribution in [0.15, 0.2) is 53.9 Å². The van der Waals surface area contributed by atoms with Crippen molar-refractivity contribution in [2.24, 2.45) is 0 Å². The molecule has 1 N–H and O–H groups in total. The Morgan fingerprint density at radius 1 is 0.971 bits per heavy atom. The molecule has 4 rings (SSSR count). The molecular formula is C27H28ClNO3S3. The first-order valence-electron chi connectivity index (χ1n) is 11.1. The second-order valence-electron chi connectivity index (χ2n) is 9.94. The van der Waals surface area contributed by atoms with E-state index in [2.05, 4.69) is 37.5 Å². The topological polar surface area (TPSA) is 63.2 Å². The molecule has 0 aliphatic carbocycles. The Kier molecular flexibility index (Phi) is 6.68. The summed E-state index contributed by atoms with van der Waals surface area (Å²) in [5.74, 6) is -0.229. The van der Waals surface area contributed by atoms with Gasteiger partial charge in [-0.1, -0.05) is 31.5 Å². The number of amides is 1. The number of anilines is 1. The SMILES string of the molecule is Cc1csc(C(C)(C)c2cc(Cl)cc(NC(=O)c3cc4cc(C(C)(C)S(C)(=O)=O)ccc4s3)c2)c1.